The molecule has 0 aliphatic carbocycles. The smallest absolute Gasteiger partial charge is 0.313 e. The number of hydrogen-bond donors (Lipinski definition) is 0. The number of ether oxygens (including phenoxy) is 1. The summed E-state index contributed by atoms with van der Waals surface area (Å²) in [5, 5.41) is 0. The highest BCUT2D eigenvalue weighted by Crippen LogP contribution is 2.05. The molecule has 0 heterocycles. The third-order valence-corrected chi connectivity index (χ3v) is 1.91. The van der Waals surface area contributed by atoms with E-state index in [0.29, 0.717) is 6.42 Å². The normalized spacial score (nSPS) is 11.9. The summed E-state index contributed by atoms with van der Waals surface area (Å²) in [6.45, 7) is 4.72. The molecular weight excluding hydrogens is 184 g/mol. The second-order valence-corrected chi connectivity index (χ2v) is 3.28. The van der Waals surface area contributed by atoms with E-state index in [-0.39, 0.29) is 30.5 Å². The van der Waals surface area contributed by atoms with Crippen LogP contribution in [-0.2, 0) is 19.1 Å². The van der Waals surface area contributed by atoms with Gasteiger partial charge in [0.25, 0.3) is 0 Å². The molecule has 0 aromatic heterocycles. The molecule has 0 fully saturated rings. The van der Waals surface area contributed by atoms with E-state index in [1.807, 2.05) is 6.92 Å². The SMILES string of the molecule is CCC(COC(=O)CC(C)=O)C(C)=O. The van der Waals surface area contributed by atoms with Crippen LogP contribution in [0.25, 0.3) is 0 Å². The molecule has 0 aliphatic heterocycles. The summed E-state index contributed by atoms with van der Waals surface area (Å²) in [6, 6.07) is 0. The highest BCUT2D eigenvalue weighted by molar-refractivity contribution is 5.94. The molecule has 0 aromatic rings. The first-order valence-electron chi connectivity index (χ1n) is 4.62. The Morgan fingerprint density at radius 1 is 1.21 bits per heavy atom. The van der Waals surface area contributed by atoms with Crippen molar-refractivity contribution >= 4 is 17.5 Å². The van der Waals surface area contributed by atoms with Crippen LogP contribution in [0.5, 0.6) is 0 Å². The predicted octanol–water partition coefficient (Wildman–Crippen LogP) is 1.12. The zero-order valence-electron chi connectivity index (χ0n) is 8.83. The van der Waals surface area contributed by atoms with Gasteiger partial charge in [0.15, 0.2) is 0 Å². The number of Topliss-reactive ketones (excluding diaryl/α,β-unsaturated/α-hetero) is 2. The number of hydrogen-bond acceptors (Lipinski definition) is 4. The lowest BCUT2D eigenvalue weighted by atomic mass is 10.0. The fourth-order valence-corrected chi connectivity index (χ4v) is 0.970. The van der Waals surface area contributed by atoms with Crippen LogP contribution < -0.4 is 0 Å². The molecule has 0 bridgehead atoms. The van der Waals surface area contributed by atoms with Crippen molar-refractivity contribution in [1.82, 2.24) is 0 Å². The van der Waals surface area contributed by atoms with E-state index in [2.05, 4.69) is 0 Å². The van der Waals surface area contributed by atoms with Crippen LogP contribution >= 0.6 is 0 Å². The minimum Gasteiger partial charge on any atom is -0.465 e. The van der Waals surface area contributed by atoms with E-state index in [1.54, 1.807) is 0 Å². The summed E-state index contributed by atoms with van der Waals surface area (Å²) in [5.41, 5.74) is 0. The van der Waals surface area contributed by atoms with Crippen LogP contribution in [-0.4, -0.2) is 24.1 Å². The van der Waals surface area contributed by atoms with E-state index < -0.39 is 5.97 Å². The van der Waals surface area contributed by atoms with Crippen molar-refractivity contribution in [1.29, 1.82) is 0 Å². The van der Waals surface area contributed by atoms with Crippen LogP contribution in [0.2, 0.25) is 0 Å². The van der Waals surface area contributed by atoms with E-state index in [4.69, 9.17) is 4.74 Å². The fraction of sp³-hybridized carbons (Fsp3) is 0.700. The van der Waals surface area contributed by atoms with E-state index in [1.165, 1.54) is 13.8 Å². The van der Waals surface area contributed by atoms with Crippen molar-refractivity contribution in [2.24, 2.45) is 5.92 Å². The van der Waals surface area contributed by atoms with Crippen LogP contribution in [0.15, 0.2) is 0 Å². The van der Waals surface area contributed by atoms with Gasteiger partial charge in [-0.1, -0.05) is 6.92 Å². The highest BCUT2D eigenvalue weighted by Gasteiger charge is 2.15. The molecule has 0 saturated carbocycles. The lowest BCUT2D eigenvalue weighted by molar-refractivity contribution is -0.147. The highest BCUT2D eigenvalue weighted by atomic mass is 16.5. The summed E-state index contributed by atoms with van der Waals surface area (Å²) in [6.07, 6.45) is 0.428. The maximum Gasteiger partial charge on any atom is 0.313 e. The molecule has 4 heteroatoms. The molecule has 0 aromatic carbocycles. The molecule has 0 spiro atoms. The maximum atomic E-state index is 11.0. The largest absolute Gasteiger partial charge is 0.465 e. The van der Waals surface area contributed by atoms with Gasteiger partial charge >= 0.3 is 5.97 Å². The Labute approximate surface area is 83.6 Å². The average molecular weight is 200 g/mol. The number of carbonyl (C=O) groups is 3. The summed E-state index contributed by atoms with van der Waals surface area (Å²) in [5.74, 6) is -1.03. The second-order valence-electron chi connectivity index (χ2n) is 3.28. The number of ketones is 2. The van der Waals surface area contributed by atoms with Gasteiger partial charge in [0, 0.05) is 0 Å². The van der Waals surface area contributed by atoms with Crippen LogP contribution in [0, 0.1) is 5.92 Å². The zero-order chi connectivity index (χ0) is 11.1. The summed E-state index contributed by atoms with van der Waals surface area (Å²) in [4.78, 5) is 32.4. The molecular formula is C10H16O4. The number of rotatable bonds is 6. The van der Waals surface area contributed by atoms with Gasteiger partial charge in [-0.15, -0.1) is 0 Å². The predicted molar refractivity (Wildman–Crippen MR) is 50.7 cm³/mol. The summed E-state index contributed by atoms with van der Waals surface area (Å²) >= 11 is 0. The van der Waals surface area contributed by atoms with Crippen molar-refractivity contribution in [3.05, 3.63) is 0 Å². The lowest BCUT2D eigenvalue weighted by Gasteiger charge is -2.10. The van der Waals surface area contributed by atoms with Gasteiger partial charge in [0.05, 0.1) is 5.92 Å². The molecule has 1 unspecified atom stereocenters. The second kappa shape index (κ2) is 6.29. The Morgan fingerprint density at radius 3 is 2.14 bits per heavy atom. The number of esters is 1. The summed E-state index contributed by atoms with van der Waals surface area (Å²) < 4.78 is 4.79. The maximum absolute atomic E-state index is 11.0. The van der Waals surface area contributed by atoms with Gasteiger partial charge in [-0.05, 0) is 20.3 Å². The van der Waals surface area contributed by atoms with E-state index in [0.717, 1.165) is 0 Å². The molecule has 80 valence electrons. The third kappa shape index (κ3) is 5.45. The van der Waals surface area contributed by atoms with Gasteiger partial charge in [-0.3, -0.25) is 14.4 Å². The minimum absolute atomic E-state index is 0.00289. The molecule has 0 N–H and O–H groups in total. The Bertz CT molecular complexity index is 232. The standard InChI is InChI=1S/C10H16O4/c1-4-9(8(3)12)6-14-10(13)5-7(2)11/h9H,4-6H2,1-3H3. The van der Waals surface area contributed by atoms with Crippen molar-refractivity contribution in [3.8, 4) is 0 Å². The first-order chi connectivity index (χ1) is 6.47. The van der Waals surface area contributed by atoms with E-state index in [9.17, 15) is 14.4 Å². The first-order valence-corrected chi connectivity index (χ1v) is 4.62. The van der Waals surface area contributed by atoms with Crippen molar-refractivity contribution in [2.75, 3.05) is 6.61 Å². The van der Waals surface area contributed by atoms with Gasteiger partial charge in [-0.2, -0.15) is 0 Å². The molecule has 0 rings (SSSR count). The van der Waals surface area contributed by atoms with Gasteiger partial charge < -0.3 is 4.74 Å². The molecule has 0 radical (unpaired) electrons. The number of carbonyl (C=O) groups excluding carboxylic acids is 3. The molecule has 1 atom stereocenters. The van der Waals surface area contributed by atoms with Crippen molar-refractivity contribution in [2.45, 2.75) is 33.6 Å². The van der Waals surface area contributed by atoms with E-state index >= 15 is 0 Å². The molecule has 0 saturated heterocycles. The minimum atomic E-state index is -0.558. The molecule has 0 amide bonds. The average Bonchev–Trinajstić information content (AvgIpc) is 2.03. The fourth-order valence-electron chi connectivity index (χ4n) is 0.970. The Balaban J connectivity index is 3.85. The summed E-state index contributed by atoms with van der Waals surface area (Å²) in [7, 11) is 0. The first kappa shape index (κ1) is 12.8. The Hall–Kier alpha value is -1.19. The molecule has 0 aliphatic rings. The van der Waals surface area contributed by atoms with Crippen molar-refractivity contribution < 1.29 is 19.1 Å². The topological polar surface area (TPSA) is 60.4 Å². The van der Waals surface area contributed by atoms with Crippen molar-refractivity contribution in [3.63, 3.8) is 0 Å². The third-order valence-electron chi connectivity index (χ3n) is 1.91. The zero-order valence-corrected chi connectivity index (χ0v) is 8.83. The monoisotopic (exact) mass is 200 g/mol. The van der Waals surface area contributed by atoms with Crippen LogP contribution in [0.4, 0.5) is 0 Å². The lowest BCUT2D eigenvalue weighted by Crippen LogP contribution is -2.20. The van der Waals surface area contributed by atoms with Gasteiger partial charge in [-0.25, -0.2) is 0 Å². The Kier molecular flexibility index (Phi) is 5.76. The quantitative estimate of drug-likeness (QED) is 0.476. The van der Waals surface area contributed by atoms with Gasteiger partial charge in [0.2, 0.25) is 0 Å². The van der Waals surface area contributed by atoms with Crippen LogP contribution in [0.1, 0.15) is 33.6 Å². The van der Waals surface area contributed by atoms with Gasteiger partial charge in [0.1, 0.15) is 24.6 Å². The van der Waals surface area contributed by atoms with Crippen LogP contribution in [0.3, 0.4) is 0 Å². The molecule has 14 heavy (non-hydrogen) atoms. The molecule has 4 nitrogen and oxygen atoms in total. The Morgan fingerprint density at radius 2 is 1.79 bits per heavy atom.